The predicted octanol–water partition coefficient (Wildman–Crippen LogP) is 5.99. The first-order chi connectivity index (χ1) is 17.6. The van der Waals surface area contributed by atoms with E-state index in [4.69, 9.17) is 16.3 Å². The molecule has 3 aromatic carbocycles. The number of carbonyl (C=O) groups is 1. The summed E-state index contributed by atoms with van der Waals surface area (Å²) in [5.74, 6) is -0.824. The summed E-state index contributed by atoms with van der Waals surface area (Å²) in [6, 6.07) is 21.6. The Bertz CT molecular complexity index is 1520. The number of anilines is 1. The molecule has 1 amide bonds. The zero-order valence-electron chi connectivity index (χ0n) is 20.4. The predicted molar refractivity (Wildman–Crippen MR) is 143 cm³/mol. The molecule has 0 radical (unpaired) electrons. The number of rotatable bonds is 9. The molecule has 4 aromatic rings. The van der Waals surface area contributed by atoms with Crippen LogP contribution in [0, 0.1) is 12.7 Å². The molecule has 192 valence electrons. The Morgan fingerprint density at radius 2 is 1.73 bits per heavy atom. The fraction of sp³-hybridized carbons (Fsp3) is 0.179. The molecule has 1 aromatic heterocycles. The fourth-order valence-electron chi connectivity index (χ4n) is 4.01. The van der Waals surface area contributed by atoms with Gasteiger partial charge in [-0.3, -0.25) is 4.79 Å². The first kappa shape index (κ1) is 26.6. The SMILES string of the molecule is Cc1c(C(=O)Nc2ccc(S(C)(=O)=O)cc2)cc(CCOCc2ccccc2)n1-c1ccc(F)cc1Cl. The number of ether oxygens (including phenoxy) is 1. The van der Waals surface area contributed by atoms with E-state index in [2.05, 4.69) is 5.32 Å². The van der Waals surface area contributed by atoms with E-state index in [0.29, 0.717) is 42.3 Å². The van der Waals surface area contributed by atoms with Crippen molar-refractivity contribution < 1.29 is 22.3 Å². The number of aromatic nitrogens is 1. The van der Waals surface area contributed by atoms with Crippen molar-refractivity contribution >= 4 is 33.0 Å². The van der Waals surface area contributed by atoms with Gasteiger partial charge in [0.05, 0.1) is 34.4 Å². The first-order valence-corrected chi connectivity index (χ1v) is 13.8. The average Bonchev–Trinajstić information content (AvgIpc) is 3.18. The minimum absolute atomic E-state index is 0.163. The summed E-state index contributed by atoms with van der Waals surface area (Å²) >= 11 is 6.38. The highest BCUT2D eigenvalue weighted by Gasteiger charge is 2.20. The maximum atomic E-state index is 13.7. The van der Waals surface area contributed by atoms with Crippen molar-refractivity contribution in [3.05, 3.63) is 112 Å². The van der Waals surface area contributed by atoms with Gasteiger partial charge in [-0.25, -0.2) is 12.8 Å². The fourth-order valence-corrected chi connectivity index (χ4v) is 4.89. The monoisotopic (exact) mass is 540 g/mol. The van der Waals surface area contributed by atoms with Gasteiger partial charge in [-0.2, -0.15) is 0 Å². The molecule has 0 saturated heterocycles. The van der Waals surface area contributed by atoms with E-state index >= 15 is 0 Å². The van der Waals surface area contributed by atoms with Crippen LogP contribution in [0.5, 0.6) is 0 Å². The Kier molecular flexibility index (Phi) is 8.12. The molecule has 0 aliphatic rings. The van der Waals surface area contributed by atoms with Crippen LogP contribution < -0.4 is 5.32 Å². The van der Waals surface area contributed by atoms with Gasteiger partial charge in [0.15, 0.2) is 9.84 Å². The molecule has 6 nitrogen and oxygen atoms in total. The molecule has 0 bridgehead atoms. The molecular weight excluding hydrogens is 515 g/mol. The maximum Gasteiger partial charge on any atom is 0.257 e. The molecule has 37 heavy (non-hydrogen) atoms. The van der Waals surface area contributed by atoms with Crippen molar-refractivity contribution in [1.82, 2.24) is 4.57 Å². The summed E-state index contributed by atoms with van der Waals surface area (Å²) in [4.78, 5) is 13.4. The van der Waals surface area contributed by atoms with Crippen LogP contribution in [0.15, 0.2) is 83.8 Å². The standard InChI is InChI=1S/C28H26ClFN2O4S/c1-19-25(28(33)31-22-9-11-24(12-10-22)37(2,34)35)17-23(14-15-36-18-20-6-4-3-5-7-20)32(19)27-13-8-21(30)16-26(27)29/h3-13,16-17H,14-15,18H2,1-2H3,(H,31,33). The van der Waals surface area contributed by atoms with Crippen molar-refractivity contribution in [2.75, 3.05) is 18.2 Å². The first-order valence-electron chi connectivity index (χ1n) is 11.5. The van der Waals surface area contributed by atoms with E-state index < -0.39 is 15.7 Å². The Labute approximate surface area is 220 Å². The minimum atomic E-state index is -3.34. The number of hydrogen-bond acceptors (Lipinski definition) is 4. The summed E-state index contributed by atoms with van der Waals surface area (Å²) in [6.45, 7) is 2.63. The second-order valence-electron chi connectivity index (χ2n) is 8.60. The van der Waals surface area contributed by atoms with Crippen LogP contribution in [0.2, 0.25) is 5.02 Å². The van der Waals surface area contributed by atoms with E-state index in [0.717, 1.165) is 17.5 Å². The summed E-state index contributed by atoms with van der Waals surface area (Å²) in [7, 11) is -3.34. The molecule has 0 aliphatic carbocycles. The Balaban J connectivity index is 1.59. The topological polar surface area (TPSA) is 77.4 Å². The number of carbonyl (C=O) groups excluding carboxylic acids is 1. The van der Waals surface area contributed by atoms with E-state index in [1.165, 1.54) is 36.4 Å². The number of sulfone groups is 1. The van der Waals surface area contributed by atoms with Gasteiger partial charge in [0, 0.05) is 29.8 Å². The third-order valence-corrected chi connectivity index (χ3v) is 7.30. The summed E-state index contributed by atoms with van der Waals surface area (Å²) in [5.41, 5.74) is 3.86. The Morgan fingerprint density at radius 3 is 2.38 bits per heavy atom. The van der Waals surface area contributed by atoms with Crippen molar-refractivity contribution in [3.63, 3.8) is 0 Å². The van der Waals surface area contributed by atoms with E-state index in [-0.39, 0.29) is 15.8 Å². The number of nitrogens with zero attached hydrogens (tertiary/aromatic N) is 1. The zero-order valence-corrected chi connectivity index (χ0v) is 21.9. The molecule has 0 aliphatic heterocycles. The molecule has 9 heteroatoms. The lowest BCUT2D eigenvalue weighted by molar-refractivity contribution is 0.102. The molecule has 0 unspecified atom stereocenters. The van der Waals surface area contributed by atoms with Crippen molar-refractivity contribution in [2.24, 2.45) is 0 Å². The summed E-state index contributed by atoms with van der Waals surface area (Å²) < 4.78 is 44.8. The van der Waals surface area contributed by atoms with Crippen LogP contribution in [-0.4, -0.2) is 31.8 Å². The minimum Gasteiger partial charge on any atom is -0.376 e. The number of amides is 1. The lowest BCUT2D eigenvalue weighted by atomic mass is 10.2. The highest BCUT2D eigenvalue weighted by atomic mass is 35.5. The normalized spacial score (nSPS) is 11.5. The van der Waals surface area contributed by atoms with Crippen molar-refractivity contribution in [1.29, 1.82) is 0 Å². The summed E-state index contributed by atoms with van der Waals surface area (Å²) in [5, 5.41) is 3.03. The zero-order chi connectivity index (χ0) is 26.6. The maximum absolute atomic E-state index is 13.7. The highest BCUT2D eigenvalue weighted by molar-refractivity contribution is 7.90. The molecule has 0 saturated carbocycles. The van der Waals surface area contributed by atoms with Gasteiger partial charge in [0.25, 0.3) is 5.91 Å². The number of halogens is 2. The van der Waals surface area contributed by atoms with Crippen molar-refractivity contribution in [2.45, 2.75) is 24.8 Å². The molecule has 1 heterocycles. The van der Waals surface area contributed by atoms with Crippen LogP contribution in [0.1, 0.15) is 27.3 Å². The Hall–Kier alpha value is -3.46. The number of nitrogens with one attached hydrogen (secondary N) is 1. The van der Waals surface area contributed by atoms with Crippen LogP contribution in [0.4, 0.5) is 10.1 Å². The van der Waals surface area contributed by atoms with Crippen LogP contribution in [-0.2, 0) is 27.6 Å². The van der Waals surface area contributed by atoms with E-state index in [9.17, 15) is 17.6 Å². The van der Waals surface area contributed by atoms with Gasteiger partial charge in [-0.15, -0.1) is 0 Å². The van der Waals surface area contributed by atoms with Gasteiger partial charge < -0.3 is 14.6 Å². The van der Waals surface area contributed by atoms with Crippen LogP contribution in [0.25, 0.3) is 5.69 Å². The third-order valence-electron chi connectivity index (χ3n) is 5.87. The molecule has 4 rings (SSSR count). The summed E-state index contributed by atoms with van der Waals surface area (Å²) in [6.07, 6.45) is 1.61. The number of benzene rings is 3. The quantitative estimate of drug-likeness (QED) is 0.264. The molecule has 0 atom stereocenters. The van der Waals surface area contributed by atoms with Gasteiger partial charge in [0.1, 0.15) is 5.82 Å². The smallest absolute Gasteiger partial charge is 0.257 e. The second-order valence-corrected chi connectivity index (χ2v) is 11.0. The van der Waals surface area contributed by atoms with Crippen molar-refractivity contribution in [3.8, 4) is 5.69 Å². The molecule has 1 N–H and O–H groups in total. The van der Waals surface area contributed by atoms with Gasteiger partial charge in [-0.1, -0.05) is 41.9 Å². The van der Waals surface area contributed by atoms with Gasteiger partial charge >= 0.3 is 0 Å². The third kappa shape index (κ3) is 6.46. The van der Waals surface area contributed by atoms with Crippen LogP contribution >= 0.6 is 11.6 Å². The van der Waals surface area contributed by atoms with E-state index in [1.54, 1.807) is 19.1 Å². The largest absolute Gasteiger partial charge is 0.376 e. The molecular formula is C28H26ClFN2O4S. The highest BCUT2D eigenvalue weighted by Crippen LogP contribution is 2.28. The van der Waals surface area contributed by atoms with Gasteiger partial charge in [0.2, 0.25) is 0 Å². The Morgan fingerprint density at radius 1 is 1.03 bits per heavy atom. The van der Waals surface area contributed by atoms with E-state index in [1.807, 2.05) is 34.9 Å². The lowest BCUT2D eigenvalue weighted by Crippen LogP contribution is -2.13. The molecule has 0 fully saturated rings. The van der Waals surface area contributed by atoms with Crippen LogP contribution in [0.3, 0.4) is 0 Å². The second kappa shape index (κ2) is 11.3. The molecule has 0 spiro atoms. The average molecular weight is 541 g/mol. The van der Waals surface area contributed by atoms with Gasteiger partial charge in [-0.05, 0) is 61.0 Å². The number of hydrogen-bond donors (Lipinski definition) is 1. The lowest BCUT2D eigenvalue weighted by Gasteiger charge is -2.14.